The smallest absolute Gasteiger partial charge is 0.292 e. The summed E-state index contributed by atoms with van der Waals surface area (Å²) in [5, 5.41) is 16.7. The van der Waals surface area contributed by atoms with Crippen LogP contribution in [-0.2, 0) is 0 Å². The van der Waals surface area contributed by atoms with Gasteiger partial charge in [-0.25, -0.2) is 0 Å². The quantitative estimate of drug-likeness (QED) is 0.597. The highest BCUT2D eigenvalue weighted by Crippen LogP contribution is 2.27. The highest BCUT2D eigenvalue weighted by atomic mass is 16.6. The van der Waals surface area contributed by atoms with Gasteiger partial charge in [0.05, 0.1) is 4.92 Å². The molecule has 1 aromatic rings. The molecule has 0 aliphatic heterocycles. The molecule has 21 heavy (non-hydrogen) atoms. The highest BCUT2D eigenvalue weighted by molar-refractivity contribution is 5.95. The van der Waals surface area contributed by atoms with Crippen molar-refractivity contribution in [3.8, 4) is 0 Å². The minimum Gasteiger partial charge on any atom is -0.377 e. The second kappa shape index (κ2) is 7.61. The molecular formula is C15H23N3O3. The van der Waals surface area contributed by atoms with E-state index in [-0.39, 0.29) is 17.6 Å². The summed E-state index contributed by atoms with van der Waals surface area (Å²) in [6, 6.07) is 4.46. The molecule has 0 radical (unpaired) electrons. The molecule has 0 bridgehead atoms. The van der Waals surface area contributed by atoms with Crippen LogP contribution < -0.4 is 10.6 Å². The number of rotatable bonds is 7. The van der Waals surface area contributed by atoms with E-state index in [1.54, 1.807) is 0 Å². The predicted octanol–water partition coefficient (Wildman–Crippen LogP) is 3.19. The monoisotopic (exact) mass is 293 g/mol. The molecule has 1 unspecified atom stereocenters. The Morgan fingerprint density at radius 1 is 1.29 bits per heavy atom. The normalized spacial score (nSPS) is 12.0. The standard InChI is InChI=1S/C15H23N3O3/c1-10(2)5-6-11(3)17-13-9-12(15(19)16-4)7-8-14(13)18(20)21/h7-11,17H,5-6H2,1-4H3,(H,16,19). The summed E-state index contributed by atoms with van der Waals surface area (Å²) in [7, 11) is 1.53. The van der Waals surface area contributed by atoms with Gasteiger partial charge in [0.1, 0.15) is 5.69 Å². The van der Waals surface area contributed by atoms with E-state index in [4.69, 9.17) is 0 Å². The predicted molar refractivity (Wildman–Crippen MR) is 83.6 cm³/mol. The van der Waals surface area contributed by atoms with Crippen molar-refractivity contribution in [2.45, 2.75) is 39.7 Å². The topological polar surface area (TPSA) is 84.3 Å². The van der Waals surface area contributed by atoms with E-state index in [1.807, 2.05) is 6.92 Å². The first-order valence-corrected chi connectivity index (χ1v) is 7.12. The summed E-state index contributed by atoms with van der Waals surface area (Å²) in [5.41, 5.74) is 0.776. The van der Waals surface area contributed by atoms with Crippen LogP contribution in [0.2, 0.25) is 0 Å². The molecule has 1 amide bonds. The lowest BCUT2D eigenvalue weighted by molar-refractivity contribution is -0.384. The number of carbonyl (C=O) groups excluding carboxylic acids is 1. The third-order valence-electron chi connectivity index (χ3n) is 3.26. The maximum Gasteiger partial charge on any atom is 0.292 e. The number of nitro groups is 1. The molecular weight excluding hydrogens is 270 g/mol. The SMILES string of the molecule is CNC(=O)c1ccc([N+](=O)[O-])c(NC(C)CCC(C)C)c1. The Balaban J connectivity index is 2.95. The number of anilines is 1. The lowest BCUT2D eigenvalue weighted by atomic mass is 10.0. The lowest BCUT2D eigenvalue weighted by Gasteiger charge is -2.17. The summed E-state index contributed by atoms with van der Waals surface area (Å²) < 4.78 is 0. The fourth-order valence-electron chi connectivity index (χ4n) is 2.02. The van der Waals surface area contributed by atoms with Crippen LogP contribution in [-0.4, -0.2) is 23.9 Å². The molecule has 6 heteroatoms. The molecule has 116 valence electrons. The van der Waals surface area contributed by atoms with Crippen molar-refractivity contribution in [1.29, 1.82) is 0 Å². The first-order chi connectivity index (χ1) is 9.85. The van der Waals surface area contributed by atoms with Crippen molar-refractivity contribution in [2.24, 2.45) is 5.92 Å². The molecule has 0 fully saturated rings. The maximum atomic E-state index is 11.6. The van der Waals surface area contributed by atoms with Crippen molar-refractivity contribution >= 4 is 17.3 Å². The largest absolute Gasteiger partial charge is 0.377 e. The van der Waals surface area contributed by atoms with Gasteiger partial charge in [0.15, 0.2) is 0 Å². The molecule has 1 aromatic carbocycles. The van der Waals surface area contributed by atoms with Gasteiger partial charge in [0, 0.05) is 24.7 Å². The van der Waals surface area contributed by atoms with Gasteiger partial charge in [-0.2, -0.15) is 0 Å². The Labute approximate surface area is 125 Å². The molecule has 0 aromatic heterocycles. The van der Waals surface area contributed by atoms with Crippen LogP contribution in [0.3, 0.4) is 0 Å². The molecule has 1 rings (SSSR count). The fourth-order valence-corrected chi connectivity index (χ4v) is 2.02. The second-order valence-electron chi connectivity index (χ2n) is 5.58. The molecule has 1 atom stereocenters. The lowest BCUT2D eigenvalue weighted by Crippen LogP contribution is -2.20. The van der Waals surface area contributed by atoms with Gasteiger partial charge in [-0.05, 0) is 37.8 Å². The van der Waals surface area contributed by atoms with E-state index < -0.39 is 4.92 Å². The third-order valence-corrected chi connectivity index (χ3v) is 3.26. The number of nitrogens with one attached hydrogen (secondary N) is 2. The summed E-state index contributed by atoms with van der Waals surface area (Å²) in [4.78, 5) is 22.3. The van der Waals surface area contributed by atoms with Gasteiger partial charge >= 0.3 is 0 Å². The van der Waals surface area contributed by atoms with Gasteiger partial charge in [0.2, 0.25) is 0 Å². The summed E-state index contributed by atoms with van der Waals surface area (Å²) in [6.07, 6.45) is 1.95. The van der Waals surface area contributed by atoms with Crippen molar-refractivity contribution < 1.29 is 9.72 Å². The molecule has 0 saturated heterocycles. The summed E-state index contributed by atoms with van der Waals surface area (Å²) >= 11 is 0. The summed E-state index contributed by atoms with van der Waals surface area (Å²) in [5.74, 6) is 0.323. The highest BCUT2D eigenvalue weighted by Gasteiger charge is 2.18. The zero-order chi connectivity index (χ0) is 16.0. The van der Waals surface area contributed by atoms with E-state index >= 15 is 0 Å². The van der Waals surface area contributed by atoms with E-state index in [9.17, 15) is 14.9 Å². The minimum absolute atomic E-state index is 0.0148. The van der Waals surface area contributed by atoms with Crippen LogP contribution in [0, 0.1) is 16.0 Å². The summed E-state index contributed by atoms with van der Waals surface area (Å²) in [6.45, 7) is 6.27. The van der Waals surface area contributed by atoms with Crippen LogP contribution >= 0.6 is 0 Å². The van der Waals surface area contributed by atoms with Crippen molar-refractivity contribution in [2.75, 3.05) is 12.4 Å². The molecule has 0 heterocycles. The van der Waals surface area contributed by atoms with Crippen molar-refractivity contribution in [3.05, 3.63) is 33.9 Å². The molecule has 6 nitrogen and oxygen atoms in total. The zero-order valence-corrected chi connectivity index (χ0v) is 13.0. The average Bonchev–Trinajstić information content (AvgIpc) is 2.43. The van der Waals surface area contributed by atoms with Gasteiger partial charge in [-0.3, -0.25) is 14.9 Å². The molecule has 0 saturated carbocycles. The van der Waals surface area contributed by atoms with Crippen LogP contribution in [0.15, 0.2) is 18.2 Å². The van der Waals surface area contributed by atoms with Crippen molar-refractivity contribution in [3.63, 3.8) is 0 Å². The number of benzene rings is 1. The molecule has 0 aliphatic rings. The second-order valence-corrected chi connectivity index (χ2v) is 5.58. The number of nitrogens with zero attached hydrogens (tertiary/aromatic N) is 1. The van der Waals surface area contributed by atoms with E-state index in [0.717, 1.165) is 12.8 Å². The van der Waals surface area contributed by atoms with Crippen LogP contribution in [0.1, 0.15) is 44.0 Å². The van der Waals surface area contributed by atoms with Crippen LogP contribution in [0.5, 0.6) is 0 Å². The third kappa shape index (κ3) is 5.06. The molecule has 0 aliphatic carbocycles. The van der Waals surface area contributed by atoms with Gasteiger partial charge in [-0.15, -0.1) is 0 Å². The Hall–Kier alpha value is -2.11. The number of carbonyl (C=O) groups is 1. The molecule has 0 spiro atoms. The van der Waals surface area contributed by atoms with E-state index in [0.29, 0.717) is 17.2 Å². The van der Waals surface area contributed by atoms with Crippen molar-refractivity contribution in [1.82, 2.24) is 5.32 Å². The van der Waals surface area contributed by atoms with E-state index in [1.165, 1.54) is 25.2 Å². The fraction of sp³-hybridized carbons (Fsp3) is 0.533. The Morgan fingerprint density at radius 3 is 2.48 bits per heavy atom. The van der Waals surface area contributed by atoms with Gasteiger partial charge in [0.25, 0.3) is 11.6 Å². The Bertz CT molecular complexity index is 515. The maximum absolute atomic E-state index is 11.6. The van der Waals surface area contributed by atoms with Gasteiger partial charge < -0.3 is 10.6 Å². The van der Waals surface area contributed by atoms with Gasteiger partial charge in [-0.1, -0.05) is 13.8 Å². The minimum atomic E-state index is -0.439. The Morgan fingerprint density at radius 2 is 1.95 bits per heavy atom. The first-order valence-electron chi connectivity index (χ1n) is 7.12. The van der Waals surface area contributed by atoms with Crippen LogP contribution in [0.4, 0.5) is 11.4 Å². The number of nitro benzene ring substituents is 1. The first kappa shape index (κ1) is 16.9. The zero-order valence-electron chi connectivity index (χ0n) is 13.0. The Kier molecular flexibility index (Phi) is 6.14. The van der Waals surface area contributed by atoms with E-state index in [2.05, 4.69) is 24.5 Å². The average molecular weight is 293 g/mol. The number of hydrogen-bond donors (Lipinski definition) is 2. The number of amides is 1. The van der Waals surface area contributed by atoms with Crippen LogP contribution in [0.25, 0.3) is 0 Å². The number of hydrogen-bond acceptors (Lipinski definition) is 4. The molecule has 2 N–H and O–H groups in total.